The second-order valence-electron chi connectivity index (χ2n) is 8.26. The predicted molar refractivity (Wildman–Crippen MR) is 128 cm³/mol. The van der Waals surface area contributed by atoms with Crippen LogP contribution in [0.2, 0.25) is 0 Å². The molecule has 1 heterocycles. The number of rotatable bonds is 18. The van der Waals surface area contributed by atoms with Crippen LogP contribution >= 0.6 is 15.9 Å². The van der Waals surface area contributed by atoms with Gasteiger partial charge in [-0.1, -0.05) is 69.3 Å². The second-order valence-corrected chi connectivity index (χ2v) is 8.72. The summed E-state index contributed by atoms with van der Waals surface area (Å²) in [5.41, 5.74) is 0. The summed E-state index contributed by atoms with van der Waals surface area (Å²) < 4.78 is 45.2. The first-order valence-corrected chi connectivity index (χ1v) is 13.2. The van der Waals surface area contributed by atoms with Gasteiger partial charge in [-0.05, 0) is 25.7 Å². The molecule has 0 aromatic heterocycles. The average Bonchev–Trinajstić information content (AvgIpc) is 2.79. The molecule has 0 saturated carbocycles. The highest BCUT2D eigenvalue weighted by molar-refractivity contribution is 9.11. The Bertz CT molecular complexity index is 509. The van der Waals surface area contributed by atoms with Gasteiger partial charge in [0, 0.05) is 31.4 Å². The van der Waals surface area contributed by atoms with Gasteiger partial charge >= 0.3 is 0 Å². The fourth-order valence-corrected chi connectivity index (χ4v) is 3.82. The van der Waals surface area contributed by atoms with E-state index >= 15 is 0 Å². The molecule has 1 N–H and O–H groups in total. The van der Waals surface area contributed by atoms with Crippen molar-refractivity contribution in [3.8, 4) is 0 Å². The standard InChI is InChI=1S/C24H44BrFO6/c1-5-9-13-28-18-19-21(29-14-10-6-2)22(30-15-11-7-3)23(31-16-12-8-4)24(27,32-19)20(26)17-25/h17,19,21-23,27H,5-16,18H2,1-4H3/b20-17-/t19-,21+,22+,23-,24?/m1/s1. The Balaban J connectivity index is 3.24. The van der Waals surface area contributed by atoms with Gasteiger partial charge in [0.15, 0.2) is 5.83 Å². The first-order chi connectivity index (χ1) is 15.5. The highest BCUT2D eigenvalue weighted by Gasteiger charge is 2.58. The number of aliphatic hydroxyl groups is 1. The number of ether oxygens (including phenoxy) is 5. The zero-order valence-corrected chi connectivity index (χ0v) is 21.9. The molecule has 0 aliphatic carbocycles. The Morgan fingerprint density at radius 2 is 1.38 bits per heavy atom. The molecule has 0 amide bonds. The van der Waals surface area contributed by atoms with Gasteiger partial charge < -0.3 is 28.8 Å². The maximum absolute atomic E-state index is 15.0. The molecule has 190 valence electrons. The smallest absolute Gasteiger partial charge is 0.250 e. The van der Waals surface area contributed by atoms with E-state index in [1.807, 2.05) is 6.92 Å². The SMILES string of the molecule is CCCCOC[C@H]1OC(O)(/C(F)=C/Br)[C@H](OCCCC)[C@@H](OCCCC)[C@H]1OCCCC. The van der Waals surface area contributed by atoms with Crippen LogP contribution in [0.1, 0.15) is 79.1 Å². The van der Waals surface area contributed by atoms with E-state index in [4.69, 9.17) is 23.7 Å². The summed E-state index contributed by atoms with van der Waals surface area (Å²) in [6.07, 6.45) is 4.23. The monoisotopic (exact) mass is 526 g/mol. The number of hydrogen-bond donors (Lipinski definition) is 1. The van der Waals surface area contributed by atoms with Crippen LogP contribution in [0.3, 0.4) is 0 Å². The zero-order valence-electron chi connectivity index (χ0n) is 20.3. The molecular formula is C24H44BrFO6. The summed E-state index contributed by atoms with van der Waals surface area (Å²) >= 11 is 3.00. The van der Waals surface area contributed by atoms with Crippen molar-refractivity contribution in [1.82, 2.24) is 0 Å². The summed E-state index contributed by atoms with van der Waals surface area (Å²) in [5, 5.41) is 11.4. The van der Waals surface area contributed by atoms with Gasteiger partial charge in [0.05, 0.1) is 6.61 Å². The van der Waals surface area contributed by atoms with Gasteiger partial charge in [0.1, 0.15) is 24.4 Å². The minimum Gasteiger partial charge on any atom is -0.379 e. The van der Waals surface area contributed by atoms with E-state index in [9.17, 15) is 9.50 Å². The molecule has 0 bridgehead atoms. The summed E-state index contributed by atoms with van der Waals surface area (Å²) in [6.45, 7) is 10.4. The van der Waals surface area contributed by atoms with E-state index in [0.717, 1.165) is 56.4 Å². The average molecular weight is 528 g/mol. The lowest BCUT2D eigenvalue weighted by Crippen LogP contribution is -2.67. The van der Waals surface area contributed by atoms with Crippen molar-refractivity contribution in [2.24, 2.45) is 0 Å². The van der Waals surface area contributed by atoms with Crippen molar-refractivity contribution in [1.29, 1.82) is 0 Å². The van der Waals surface area contributed by atoms with Gasteiger partial charge in [0.2, 0.25) is 5.79 Å². The molecule has 1 rings (SSSR count). The van der Waals surface area contributed by atoms with Crippen LogP contribution in [-0.4, -0.2) is 68.3 Å². The molecule has 0 radical (unpaired) electrons. The van der Waals surface area contributed by atoms with E-state index in [1.54, 1.807) is 0 Å². The Morgan fingerprint density at radius 3 is 1.91 bits per heavy atom. The summed E-state index contributed by atoms with van der Waals surface area (Å²) in [6, 6.07) is 0. The van der Waals surface area contributed by atoms with E-state index in [2.05, 4.69) is 36.7 Å². The number of unbranched alkanes of at least 4 members (excludes halogenated alkanes) is 4. The molecule has 32 heavy (non-hydrogen) atoms. The first kappa shape index (κ1) is 29.9. The highest BCUT2D eigenvalue weighted by atomic mass is 79.9. The van der Waals surface area contributed by atoms with Crippen LogP contribution in [0, 0.1) is 0 Å². The minimum absolute atomic E-state index is 0.171. The van der Waals surface area contributed by atoms with Crippen LogP contribution in [0.4, 0.5) is 4.39 Å². The molecule has 6 nitrogen and oxygen atoms in total. The zero-order chi connectivity index (χ0) is 23.8. The Hall–Kier alpha value is -0.0900. The van der Waals surface area contributed by atoms with Gasteiger partial charge in [0.25, 0.3) is 0 Å². The van der Waals surface area contributed by atoms with Crippen LogP contribution < -0.4 is 0 Å². The van der Waals surface area contributed by atoms with Gasteiger partial charge in [-0.3, -0.25) is 0 Å². The third-order valence-corrected chi connectivity index (χ3v) is 5.88. The van der Waals surface area contributed by atoms with Crippen molar-refractivity contribution in [2.45, 2.75) is 109 Å². The van der Waals surface area contributed by atoms with E-state index in [1.165, 1.54) is 0 Å². The van der Waals surface area contributed by atoms with Gasteiger partial charge in [-0.2, -0.15) is 0 Å². The van der Waals surface area contributed by atoms with Crippen molar-refractivity contribution in [3.63, 3.8) is 0 Å². The Morgan fingerprint density at radius 1 is 0.875 bits per heavy atom. The van der Waals surface area contributed by atoms with E-state index < -0.39 is 36.0 Å². The highest BCUT2D eigenvalue weighted by Crippen LogP contribution is 2.39. The number of halogens is 2. The molecule has 1 aliphatic rings. The minimum atomic E-state index is -2.29. The maximum Gasteiger partial charge on any atom is 0.250 e. The second kappa shape index (κ2) is 17.4. The van der Waals surface area contributed by atoms with Crippen LogP contribution in [0.15, 0.2) is 10.8 Å². The largest absolute Gasteiger partial charge is 0.379 e. The Kier molecular flexibility index (Phi) is 16.2. The number of hydrogen-bond acceptors (Lipinski definition) is 6. The summed E-state index contributed by atoms with van der Waals surface area (Å²) in [5.74, 6) is -3.16. The molecule has 8 heteroatoms. The molecule has 0 aromatic rings. The Labute approximate surface area is 202 Å². The van der Waals surface area contributed by atoms with E-state index in [0.29, 0.717) is 26.4 Å². The first-order valence-electron chi connectivity index (χ1n) is 12.3. The molecule has 5 atom stereocenters. The fraction of sp³-hybridized carbons (Fsp3) is 0.917. The molecule has 0 spiro atoms. The molecule has 1 fully saturated rings. The van der Waals surface area contributed by atoms with Gasteiger partial charge in [-0.25, -0.2) is 4.39 Å². The quantitative estimate of drug-likeness (QED) is 0.232. The lowest BCUT2D eigenvalue weighted by atomic mass is 9.91. The molecule has 0 aromatic carbocycles. The van der Waals surface area contributed by atoms with Crippen molar-refractivity contribution in [3.05, 3.63) is 10.8 Å². The lowest BCUT2D eigenvalue weighted by molar-refractivity contribution is -0.356. The fourth-order valence-electron chi connectivity index (χ4n) is 3.49. The summed E-state index contributed by atoms with van der Waals surface area (Å²) in [7, 11) is 0. The maximum atomic E-state index is 15.0. The normalized spacial score (nSPS) is 28.9. The molecule has 1 aliphatic heterocycles. The molecule has 1 unspecified atom stereocenters. The van der Waals surface area contributed by atoms with Crippen LogP contribution in [0.25, 0.3) is 0 Å². The van der Waals surface area contributed by atoms with Crippen LogP contribution in [0.5, 0.6) is 0 Å². The predicted octanol–water partition coefficient (Wildman–Crippen LogP) is 5.65. The molecule has 1 saturated heterocycles. The third-order valence-electron chi connectivity index (χ3n) is 5.48. The van der Waals surface area contributed by atoms with Crippen LogP contribution in [-0.2, 0) is 23.7 Å². The van der Waals surface area contributed by atoms with Crippen molar-refractivity contribution >= 4 is 15.9 Å². The molecular weight excluding hydrogens is 483 g/mol. The van der Waals surface area contributed by atoms with Crippen molar-refractivity contribution < 1.29 is 33.2 Å². The van der Waals surface area contributed by atoms with Crippen molar-refractivity contribution in [2.75, 3.05) is 33.0 Å². The lowest BCUT2D eigenvalue weighted by Gasteiger charge is -2.49. The summed E-state index contributed by atoms with van der Waals surface area (Å²) in [4.78, 5) is 1.03. The third kappa shape index (κ3) is 9.28. The van der Waals surface area contributed by atoms with E-state index in [-0.39, 0.29) is 6.61 Å². The van der Waals surface area contributed by atoms with Gasteiger partial charge in [-0.15, -0.1) is 0 Å². The topological polar surface area (TPSA) is 66.4 Å².